The first-order valence-electron chi connectivity index (χ1n) is 6.54. The van der Waals surface area contributed by atoms with Crippen LogP contribution in [0.15, 0.2) is 22.0 Å². The highest BCUT2D eigenvalue weighted by Crippen LogP contribution is 2.37. The second kappa shape index (κ2) is 7.05. The summed E-state index contributed by atoms with van der Waals surface area (Å²) in [5, 5.41) is 10.4. The van der Waals surface area contributed by atoms with Crippen LogP contribution in [0, 0.1) is 11.7 Å². The van der Waals surface area contributed by atoms with Gasteiger partial charge in [0.2, 0.25) is 10.5 Å². The van der Waals surface area contributed by atoms with Gasteiger partial charge in [-0.15, -0.1) is 0 Å². The molecule has 0 amide bonds. The zero-order chi connectivity index (χ0) is 17.0. The van der Waals surface area contributed by atoms with Crippen molar-refractivity contribution in [2.24, 2.45) is 5.10 Å². The Morgan fingerprint density at radius 3 is 2.35 bits per heavy atom. The molecule has 0 aliphatic carbocycles. The summed E-state index contributed by atoms with van der Waals surface area (Å²) in [6, 6.07) is 3.41. The van der Waals surface area contributed by atoms with Crippen LogP contribution in [0.3, 0.4) is 0 Å². The van der Waals surface area contributed by atoms with Crippen molar-refractivity contribution in [3.8, 4) is 17.2 Å². The molecule has 23 heavy (non-hydrogen) atoms. The smallest absolute Gasteiger partial charge is 0.296 e. The van der Waals surface area contributed by atoms with Crippen LogP contribution in [0.2, 0.25) is 0 Å². The summed E-state index contributed by atoms with van der Waals surface area (Å²) in [6.07, 6.45) is 1.47. The van der Waals surface area contributed by atoms with Crippen LogP contribution in [0.4, 0.5) is 0 Å². The van der Waals surface area contributed by atoms with Gasteiger partial charge in [-0.3, -0.25) is 9.89 Å². The summed E-state index contributed by atoms with van der Waals surface area (Å²) < 4.78 is 16.9. The first-order chi connectivity index (χ1) is 11.0. The van der Waals surface area contributed by atoms with Gasteiger partial charge in [0.25, 0.3) is 5.56 Å². The van der Waals surface area contributed by atoms with Crippen molar-refractivity contribution in [2.45, 2.75) is 6.92 Å². The molecule has 2 rings (SSSR count). The Kier molecular flexibility index (Phi) is 5.12. The molecule has 1 aromatic heterocycles. The average Bonchev–Trinajstić information content (AvgIpc) is 2.57. The molecule has 0 aliphatic rings. The molecule has 0 radical (unpaired) electrons. The number of aromatic nitrogens is 3. The minimum absolute atomic E-state index is 0.101. The van der Waals surface area contributed by atoms with Crippen LogP contribution >= 0.6 is 12.2 Å². The maximum Gasteiger partial charge on any atom is 0.296 e. The molecule has 1 heterocycles. The third-order valence-corrected chi connectivity index (χ3v) is 3.29. The molecule has 2 aromatic rings. The lowest BCUT2D eigenvalue weighted by Gasteiger charge is -2.12. The Balaban J connectivity index is 2.51. The molecular formula is C14H16N4O4S. The van der Waals surface area contributed by atoms with Gasteiger partial charge in [0.1, 0.15) is 5.69 Å². The monoisotopic (exact) mass is 336 g/mol. The summed E-state index contributed by atoms with van der Waals surface area (Å²) in [4.78, 5) is 12.0. The number of hydrogen-bond acceptors (Lipinski definition) is 7. The van der Waals surface area contributed by atoms with E-state index in [0.717, 1.165) is 4.68 Å². The van der Waals surface area contributed by atoms with Gasteiger partial charge in [0.05, 0.1) is 27.5 Å². The van der Waals surface area contributed by atoms with Gasteiger partial charge in [-0.1, -0.05) is 0 Å². The molecule has 0 aliphatic heterocycles. The number of methoxy groups -OCH3 is 3. The average molecular weight is 336 g/mol. The van der Waals surface area contributed by atoms with Crippen molar-refractivity contribution in [1.82, 2.24) is 14.9 Å². The van der Waals surface area contributed by atoms with E-state index in [0.29, 0.717) is 22.8 Å². The van der Waals surface area contributed by atoms with Gasteiger partial charge >= 0.3 is 0 Å². The van der Waals surface area contributed by atoms with E-state index in [1.54, 1.807) is 19.1 Å². The van der Waals surface area contributed by atoms with E-state index in [-0.39, 0.29) is 10.5 Å². The fourth-order valence-corrected chi connectivity index (χ4v) is 2.05. The third-order valence-electron chi connectivity index (χ3n) is 3.02. The van der Waals surface area contributed by atoms with Crippen molar-refractivity contribution in [1.29, 1.82) is 0 Å². The van der Waals surface area contributed by atoms with Gasteiger partial charge in [-0.2, -0.15) is 14.9 Å². The van der Waals surface area contributed by atoms with Crippen molar-refractivity contribution in [3.05, 3.63) is 38.5 Å². The number of rotatable bonds is 5. The lowest BCUT2D eigenvalue weighted by atomic mass is 10.2. The van der Waals surface area contributed by atoms with Crippen molar-refractivity contribution >= 4 is 18.4 Å². The number of nitrogens with zero attached hydrogens (tertiary/aromatic N) is 3. The number of aryl methyl sites for hydroxylation is 1. The van der Waals surface area contributed by atoms with E-state index < -0.39 is 5.56 Å². The number of hydrogen-bond donors (Lipinski definition) is 1. The van der Waals surface area contributed by atoms with Crippen LogP contribution in [-0.2, 0) is 0 Å². The van der Waals surface area contributed by atoms with Crippen LogP contribution in [0.5, 0.6) is 17.2 Å². The normalized spacial score (nSPS) is 10.8. The van der Waals surface area contributed by atoms with Crippen LogP contribution in [-0.4, -0.2) is 42.4 Å². The van der Waals surface area contributed by atoms with E-state index in [4.69, 9.17) is 26.4 Å². The van der Waals surface area contributed by atoms with Crippen molar-refractivity contribution < 1.29 is 14.2 Å². The Bertz CT molecular complexity index is 832. The van der Waals surface area contributed by atoms with E-state index in [9.17, 15) is 4.79 Å². The first-order valence-corrected chi connectivity index (χ1v) is 6.95. The highest BCUT2D eigenvalue weighted by atomic mass is 32.1. The first kappa shape index (κ1) is 16.7. The third kappa shape index (κ3) is 3.39. The second-order valence-electron chi connectivity index (χ2n) is 4.43. The Morgan fingerprint density at radius 2 is 1.83 bits per heavy atom. The number of nitrogens with one attached hydrogen (secondary N) is 1. The van der Waals surface area contributed by atoms with Gasteiger partial charge < -0.3 is 14.2 Å². The summed E-state index contributed by atoms with van der Waals surface area (Å²) in [7, 11) is 4.56. The fourth-order valence-electron chi connectivity index (χ4n) is 1.88. The Labute approximate surface area is 137 Å². The molecule has 0 saturated carbocycles. The maximum absolute atomic E-state index is 12.0. The van der Waals surface area contributed by atoms with E-state index in [1.807, 2.05) is 0 Å². The van der Waals surface area contributed by atoms with E-state index >= 15 is 0 Å². The molecule has 9 heteroatoms. The van der Waals surface area contributed by atoms with Crippen LogP contribution in [0.1, 0.15) is 11.3 Å². The zero-order valence-electron chi connectivity index (χ0n) is 13.1. The summed E-state index contributed by atoms with van der Waals surface area (Å²) in [6.45, 7) is 1.57. The molecule has 0 bridgehead atoms. The highest BCUT2D eigenvalue weighted by molar-refractivity contribution is 7.71. The van der Waals surface area contributed by atoms with E-state index in [1.165, 1.54) is 27.5 Å². The molecule has 1 N–H and O–H groups in total. The zero-order valence-corrected chi connectivity index (χ0v) is 13.9. The number of H-pyrrole nitrogens is 1. The predicted octanol–water partition coefficient (Wildman–Crippen LogP) is 1.52. The summed E-state index contributed by atoms with van der Waals surface area (Å²) in [5.41, 5.74) is 0.522. The molecule has 1 aromatic carbocycles. The number of benzene rings is 1. The molecule has 0 saturated heterocycles. The van der Waals surface area contributed by atoms with Gasteiger partial charge in [0.15, 0.2) is 11.5 Å². The Morgan fingerprint density at radius 1 is 1.22 bits per heavy atom. The largest absolute Gasteiger partial charge is 0.493 e. The number of ether oxygens (including phenoxy) is 3. The molecular weight excluding hydrogens is 320 g/mol. The lowest BCUT2D eigenvalue weighted by Crippen LogP contribution is -2.22. The SMILES string of the molecule is COc1cc(/C=N/n2c(=S)[nH]nc(C)c2=O)cc(OC)c1OC. The minimum Gasteiger partial charge on any atom is -0.493 e. The number of aromatic amines is 1. The van der Waals surface area contributed by atoms with Crippen LogP contribution < -0.4 is 19.8 Å². The van der Waals surface area contributed by atoms with Crippen molar-refractivity contribution in [2.75, 3.05) is 21.3 Å². The predicted molar refractivity (Wildman–Crippen MR) is 87.5 cm³/mol. The van der Waals surface area contributed by atoms with Gasteiger partial charge in [0, 0.05) is 5.56 Å². The molecule has 0 fully saturated rings. The fraction of sp³-hybridized carbons (Fsp3) is 0.286. The van der Waals surface area contributed by atoms with Gasteiger partial charge in [-0.05, 0) is 31.3 Å². The maximum atomic E-state index is 12.0. The Hall–Kier alpha value is -2.68. The lowest BCUT2D eigenvalue weighted by molar-refractivity contribution is 0.324. The summed E-state index contributed by atoms with van der Waals surface area (Å²) >= 11 is 5.01. The molecule has 0 spiro atoms. The summed E-state index contributed by atoms with van der Waals surface area (Å²) in [5.74, 6) is 1.44. The quantitative estimate of drug-likeness (QED) is 0.657. The molecule has 122 valence electrons. The minimum atomic E-state index is -0.391. The molecule has 0 unspecified atom stereocenters. The van der Waals surface area contributed by atoms with Crippen molar-refractivity contribution in [3.63, 3.8) is 0 Å². The molecule has 0 atom stereocenters. The van der Waals surface area contributed by atoms with E-state index in [2.05, 4.69) is 15.3 Å². The van der Waals surface area contributed by atoms with Crippen LogP contribution in [0.25, 0.3) is 0 Å². The molecule has 8 nitrogen and oxygen atoms in total. The topological polar surface area (TPSA) is 90.7 Å². The second-order valence-corrected chi connectivity index (χ2v) is 4.82. The standard InChI is InChI=1S/C14H16N4O4S/c1-8-13(19)18(14(23)17-16-8)15-7-9-5-10(20-2)12(22-4)11(6-9)21-3/h5-7H,1-4H3,(H,17,23)/b15-7+. The highest BCUT2D eigenvalue weighted by Gasteiger charge is 2.12. The van der Waals surface area contributed by atoms with Gasteiger partial charge in [-0.25, -0.2) is 0 Å².